The zero-order chi connectivity index (χ0) is 22.5. The molecular weight excluding hydrogens is 410 g/mol. The van der Waals surface area contributed by atoms with Crippen molar-refractivity contribution >= 4 is 17.6 Å². The van der Waals surface area contributed by atoms with Crippen molar-refractivity contribution in [1.82, 2.24) is 15.0 Å². The van der Waals surface area contributed by atoms with E-state index in [-0.39, 0.29) is 17.7 Å². The molecule has 0 saturated carbocycles. The number of aromatic nitrogens is 2. The maximum absolute atomic E-state index is 13.2. The molecule has 3 aromatic rings. The van der Waals surface area contributed by atoms with Gasteiger partial charge in [-0.2, -0.15) is 0 Å². The van der Waals surface area contributed by atoms with Crippen molar-refractivity contribution < 1.29 is 18.8 Å². The predicted octanol–water partition coefficient (Wildman–Crippen LogP) is 2.70. The topological polar surface area (TPSA) is 124 Å². The molecule has 2 aromatic heterocycles. The summed E-state index contributed by atoms with van der Waals surface area (Å²) in [5.41, 5.74) is 6.37. The molecule has 0 aliphatic carbocycles. The molecule has 1 aliphatic rings. The van der Waals surface area contributed by atoms with E-state index in [4.69, 9.17) is 15.0 Å². The van der Waals surface area contributed by atoms with E-state index in [2.05, 4.69) is 20.4 Å². The van der Waals surface area contributed by atoms with Gasteiger partial charge >= 0.3 is 0 Å². The quantitative estimate of drug-likeness (QED) is 0.585. The molecule has 9 nitrogen and oxygen atoms in total. The summed E-state index contributed by atoms with van der Waals surface area (Å²) in [6.07, 6.45) is 2.93. The Morgan fingerprint density at radius 3 is 2.59 bits per heavy atom. The Balaban J connectivity index is 1.44. The number of nitrogens with one attached hydrogen (secondary N) is 1. The van der Waals surface area contributed by atoms with Crippen molar-refractivity contribution in [3.8, 4) is 5.75 Å². The molecule has 0 bridgehead atoms. The summed E-state index contributed by atoms with van der Waals surface area (Å²) in [4.78, 5) is 30.6. The molecule has 0 spiro atoms. The lowest BCUT2D eigenvalue weighted by molar-refractivity contribution is -0.122. The van der Waals surface area contributed by atoms with E-state index in [0.717, 1.165) is 18.4 Å². The average molecular weight is 435 g/mol. The Kier molecular flexibility index (Phi) is 6.46. The van der Waals surface area contributed by atoms with Gasteiger partial charge in [0, 0.05) is 31.4 Å². The van der Waals surface area contributed by atoms with Gasteiger partial charge in [0.1, 0.15) is 29.3 Å². The summed E-state index contributed by atoms with van der Waals surface area (Å²) in [7, 11) is 0. The van der Waals surface area contributed by atoms with E-state index in [1.807, 2.05) is 30.3 Å². The summed E-state index contributed by atoms with van der Waals surface area (Å²) < 4.78 is 11.1. The van der Waals surface area contributed by atoms with Gasteiger partial charge in [-0.3, -0.25) is 19.5 Å². The standard InChI is InChI=1S/C23H25N5O4/c1-15-13-20(27-32-15)26-23(30)21(16-5-3-2-4-6-16)28-11-8-17(9-12-28)31-18-7-10-25-19(14-18)22(24)29/h2-7,10,13-14,17,21H,8-9,11-12H2,1H3,(H2,24,29)(H,26,27,30). The van der Waals surface area contributed by atoms with Crippen LogP contribution in [0.4, 0.5) is 5.82 Å². The number of amides is 2. The fourth-order valence-corrected chi connectivity index (χ4v) is 3.85. The van der Waals surface area contributed by atoms with Gasteiger partial charge in [0.15, 0.2) is 5.82 Å². The minimum absolute atomic E-state index is 0.0351. The van der Waals surface area contributed by atoms with E-state index >= 15 is 0 Å². The molecule has 2 amide bonds. The molecule has 1 fully saturated rings. The van der Waals surface area contributed by atoms with Crippen LogP contribution in [0.25, 0.3) is 0 Å². The average Bonchev–Trinajstić information content (AvgIpc) is 3.20. The molecule has 3 N–H and O–H groups in total. The second-order valence-electron chi connectivity index (χ2n) is 7.72. The molecule has 32 heavy (non-hydrogen) atoms. The largest absolute Gasteiger partial charge is 0.490 e. The summed E-state index contributed by atoms with van der Waals surface area (Å²) in [5, 5.41) is 6.73. The maximum Gasteiger partial charge on any atom is 0.267 e. The van der Waals surface area contributed by atoms with Crippen LogP contribution in [-0.4, -0.2) is 46.0 Å². The van der Waals surface area contributed by atoms with Crippen molar-refractivity contribution in [1.29, 1.82) is 0 Å². The number of hydrogen-bond donors (Lipinski definition) is 2. The smallest absolute Gasteiger partial charge is 0.267 e. The number of rotatable bonds is 7. The molecule has 1 unspecified atom stereocenters. The zero-order valence-electron chi connectivity index (χ0n) is 17.7. The number of piperidine rings is 1. The first-order chi connectivity index (χ1) is 15.5. The van der Waals surface area contributed by atoms with Crippen LogP contribution >= 0.6 is 0 Å². The van der Waals surface area contributed by atoms with E-state index < -0.39 is 11.9 Å². The Morgan fingerprint density at radius 1 is 1.19 bits per heavy atom. The van der Waals surface area contributed by atoms with Crippen LogP contribution in [-0.2, 0) is 4.79 Å². The highest BCUT2D eigenvalue weighted by atomic mass is 16.5. The molecule has 1 saturated heterocycles. The fraction of sp³-hybridized carbons (Fsp3) is 0.304. The first-order valence-corrected chi connectivity index (χ1v) is 10.5. The Bertz CT molecular complexity index is 1080. The minimum atomic E-state index is -0.593. The lowest BCUT2D eigenvalue weighted by atomic mass is 9.99. The molecule has 166 valence electrons. The molecular formula is C23H25N5O4. The van der Waals surface area contributed by atoms with Gasteiger partial charge in [0.25, 0.3) is 5.91 Å². The number of carbonyl (C=O) groups excluding carboxylic acids is 2. The number of hydrogen-bond acceptors (Lipinski definition) is 7. The molecule has 0 radical (unpaired) electrons. The van der Waals surface area contributed by atoms with E-state index in [9.17, 15) is 9.59 Å². The number of ether oxygens (including phenoxy) is 1. The highest BCUT2D eigenvalue weighted by molar-refractivity contribution is 5.94. The third-order valence-electron chi connectivity index (χ3n) is 5.37. The lowest BCUT2D eigenvalue weighted by Crippen LogP contribution is -2.44. The van der Waals surface area contributed by atoms with Crippen LogP contribution in [0.15, 0.2) is 59.3 Å². The third-order valence-corrected chi connectivity index (χ3v) is 5.37. The monoisotopic (exact) mass is 435 g/mol. The van der Waals surface area contributed by atoms with Gasteiger partial charge in [0.2, 0.25) is 5.91 Å². The number of benzene rings is 1. The Labute approximate surface area is 185 Å². The number of pyridine rings is 1. The van der Waals surface area contributed by atoms with Crippen molar-refractivity contribution in [2.45, 2.75) is 31.9 Å². The van der Waals surface area contributed by atoms with Gasteiger partial charge in [-0.1, -0.05) is 35.5 Å². The number of anilines is 1. The number of nitrogens with zero attached hydrogens (tertiary/aromatic N) is 3. The molecule has 3 heterocycles. The summed E-state index contributed by atoms with van der Waals surface area (Å²) in [6.45, 7) is 3.11. The van der Waals surface area contributed by atoms with Crippen LogP contribution in [0.5, 0.6) is 5.75 Å². The zero-order valence-corrected chi connectivity index (χ0v) is 17.7. The van der Waals surface area contributed by atoms with Crippen LogP contribution < -0.4 is 15.8 Å². The van der Waals surface area contributed by atoms with Gasteiger partial charge in [-0.25, -0.2) is 0 Å². The van der Waals surface area contributed by atoms with Gasteiger partial charge in [0.05, 0.1) is 0 Å². The Morgan fingerprint density at radius 2 is 1.94 bits per heavy atom. The predicted molar refractivity (Wildman–Crippen MR) is 117 cm³/mol. The highest BCUT2D eigenvalue weighted by Crippen LogP contribution is 2.28. The summed E-state index contributed by atoms with van der Waals surface area (Å²) in [6, 6.07) is 14.2. The first kappa shape index (κ1) is 21.5. The van der Waals surface area contributed by atoms with Crippen LogP contribution in [0.2, 0.25) is 0 Å². The van der Waals surface area contributed by atoms with Gasteiger partial charge in [-0.05, 0) is 31.4 Å². The summed E-state index contributed by atoms with van der Waals surface area (Å²) >= 11 is 0. The van der Waals surface area contributed by atoms with Crippen molar-refractivity contribution in [3.63, 3.8) is 0 Å². The van der Waals surface area contributed by atoms with E-state index in [0.29, 0.717) is 30.4 Å². The number of primary amides is 1. The number of aryl methyl sites for hydroxylation is 1. The number of carbonyl (C=O) groups is 2. The normalized spacial score (nSPS) is 15.8. The van der Waals surface area contributed by atoms with Crippen LogP contribution in [0.1, 0.15) is 40.7 Å². The third kappa shape index (κ3) is 5.12. The Hall–Kier alpha value is -3.72. The van der Waals surface area contributed by atoms with Crippen LogP contribution in [0.3, 0.4) is 0 Å². The lowest BCUT2D eigenvalue weighted by Gasteiger charge is -2.36. The van der Waals surface area contributed by atoms with Crippen molar-refractivity contribution in [2.24, 2.45) is 5.73 Å². The number of nitrogens with two attached hydrogens (primary N) is 1. The summed E-state index contributed by atoms with van der Waals surface area (Å²) in [5.74, 6) is 0.833. The maximum atomic E-state index is 13.2. The van der Waals surface area contributed by atoms with Crippen molar-refractivity contribution in [3.05, 3.63) is 71.7 Å². The SMILES string of the molecule is Cc1cc(NC(=O)C(c2ccccc2)N2CCC(Oc3ccnc(C(N)=O)c3)CC2)no1. The second kappa shape index (κ2) is 9.61. The molecule has 4 rings (SSSR count). The van der Waals surface area contributed by atoms with E-state index in [1.165, 1.54) is 6.20 Å². The molecule has 9 heteroatoms. The second-order valence-corrected chi connectivity index (χ2v) is 7.72. The highest BCUT2D eigenvalue weighted by Gasteiger charge is 2.32. The molecule has 1 aliphatic heterocycles. The minimum Gasteiger partial charge on any atom is -0.490 e. The van der Waals surface area contributed by atoms with Crippen LogP contribution in [0, 0.1) is 6.92 Å². The first-order valence-electron chi connectivity index (χ1n) is 10.5. The fourth-order valence-electron chi connectivity index (χ4n) is 3.85. The molecule has 1 aromatic carbocycles. The van der Waals surface area contributed by atoms with E-state index in [1.54, 1.807) is 25.1 Å². The van der Waals surface area contributed by atoms with Crippen molar-refractivity contribution in [2.75, 3.05) is 18.4 Å². The van der Waals surface area contributed by atoms with Gasteiger partial charge < -0.3 is 20.3 Å². The molecule has 1 atom stereocenters. The number of likely N-dealkylation sites (tertiary alicyclic amines) is 1. The van der Waals surface area contributed by atoms with Gasteiger partial charge in [-0.15, -0.1) is 0 Å².